The van der Waals surface area contributed by atoms with Crippen molar-refractivity contribution in [3.63, 3.8) is 0 Å². The smallest absolute Gasteiger partial charge is 0.239 e. The molecule has 4 heteroatoms. The molecule has 3 nitrogen and oxygen atoms in total. The summed E-state index contributed by atoms with van der Waals surface area (Å²) >= 11 is 0. The highest BCUT2D eigenvalue weighted by Gasteiger charge is 2.28. The summed E-state index contributed by atoms with van der Waals surface area (Å²) in [6.45, 7) is 0.293. The Morgan fingerprint density at radius 3 is 1.87 bits per heavy atom. The van der Waals surface area contributed by atoms with Gasteiger partial charge in [0.2, 0.25) is 5.91 Å². The zero-order valence-corrected chi connectivity index (χ0v) is 16.4. The van der Waals surface area contributed by atoms with Crippen LogP contribution in [0.15, 0.2) is 109 Å². The monoisotopic (exact) mass is 396 g/mol. The number of aromatic nitrogens is 1. The average Bonchev–Trinajstić information content (AvgIpc) is 2.80. The number of anilines is 1. The van der Waals surface area contributed by atoms with E-state index in [2.05, 4.69) is 4.98 Å². The number of pyridine rings is 1. The van der Waals surface area contributed by atoms with E-state index in [1.807, 2.05) is 78.9 Å². The molecule has 0 N–H and O–H groups in total. The lowest BCUT2D eigenvalue weighted by Gasteiger charge is -2.28. The third-order valence-corrected chi connectivity index (χ3v) is 4.96. The van der Waals surface area contributed by atoms with Crippen molar-refractivity contribution in [3.8, 4) is 0 Å². The lowest BCUT2D eigenvalue weighted by Crippen LogP contribution is -2.35. The normalized spacial score (nSPS) is 10.7. The highest BCUT2D eigenvalue weighted by atomic mass is 19.1. The van der Waals surface area contributed by atoms with E-state index in [1.165, 1.54) is 12.1 Å². The van der Waals surface area contributed by atoms with Crippen LogP contribution in [-0.2, 0) is 11.3 Å². The summed E-state index contributed by atoms with van der Waals surface area (Å²) in [5, 5.41) is 0. The number of carbonyl (C=O) groups is 1. The Bertz CT molecular complexity index is 1040. The van der Waals surface area contributed by atoms with Gasteiger partial charge >= 0.3 is 0 Å². The van der Waals surface area contributed by atoms with E-state index in [4.69, 9.17) is 0 Å². The second kappa shape index (κ2) is 9.14. The van der Waals surface area contributed by atoms with Crippen LogP contribution >= 0.6 is 0 Å². The molecule has 4 aromatic rings. The van der Waals surface area contributed by atoms with Gasteiger partial charge in [0, 0.05) is 11.9 Å². The molecule has 1 aromatic heterocycles. The summed E-state index contributed by atoms with van der Waals surface area (Å²) in [7, 11) is 0. The van der Waals surface area contributed by atoms with Gasteiger partial charge < -0.3 is 4.90 Å². The molecule has 0 atom stereocenters. The third-order valence-electron chi connectivity index (χ3n) is 4.96. The quantitative estimate of drug-likeness (QED) is 0.426. The average molecular weight is 396 g/mol. The van der Waals surface area contributed by atoms with E-state index >= 15 is 0 Å². The fourth-order valence-electron chi connectivity index (χ4n) is 3.50. The van der Waals surface area contributed by atoms with E-state index < -0.39 is 5.92 Å². The van der Waals surface area contributed by atoms with Crippen LogP contribution in [0.1, 0.15) is 22.7 Å². The van der Waals surface area contributed by atoms with Gasteiger partial charge in [-0.25, -0.2) is 4.39 Å². The van der Waals surface area contributed by atoms with Crippen LogP contribution in [-0.4, -0.2) is 10.9 Å². The minimum absolute atomic E-state index is 0.0929. The van der Waals surface area contributed by atoms with Crippen LogP contribution in [0.4, 0.5) is 10.1 Å². The van der Waals surface area contributed by atoms with Crippen LogP contribution in [0.25, 0.3) is 0 Å². The molecule has 0 fully saturated rings. The number of hydrogen-bond acceptors (Lipinski definition) is 2. The molecular weight excluding hydrogens is 375 g/mol. The van der Waals surface area contributed by atoms with Crippen molar-refractivity contribution in [2.75, 3.05) is 4.90 Å². The molecule has 0 bridgehead atoms. The molecule has 0 saturated heterocycles. The molecule has 0 unspecified atom stereocenters. The van der Waals surface area contributed by atoms with Crippen LogP contribution in [0, 0.1) is 5.82 Å². The first-order chi connectivity index (χ1) is 14.7. The Morgan fingerprint density at radius 1 is 0.767 bits per heavy atom. The van der Waals surface area contributed by atoms with Crippen molar-refractivity contribution in [2.24, 2.45) is 0 Å². The lowest BCUT2D eigenvalue weighted by atomic mass is 9.89. The molecule has 30 heavy (non-hydrogen) atoms. The predicted molar refractivity (Wildman–Crippen MR) is 117 cm³/mol. The van der Waals surface area contributed by atoms with Gasteiger partial charge in [-0.1, -0.05) is 66.7 Å². The molecule has 4 rings (SSSR count). The van der Waals surface area contributed by atoms with Crippen LogP contribution in [0.5, 0.6) is 0 Å². The highest BCUT2D eigenvalue weighted by Crippen LogP contribution is 2.30. The summed E-state index contributed by atoms with van der Waals surface area (Å²) in [5.74, 6) is -0.919. The van der Waals surface area contributed by atoms with Crippen LogP contribution in [0.2, 0.25) is 0 Å². The summed E-state index contributed by atoms with van der Waals surface area (Å²) in [6.07, 6.45) is 1.70. The predicted octanol–water partition coefficient (Wildman–Crippen LogP) is 5.59. The van der Waals surface area contributed by atoms with Crippen molar-refractivity contribution >= 4 is 11.6 Å². The zero-order chi connectivity index (χ0) is 20.8. The number of carbonyl (C=O) groups excluding carboxylic acids is 1. The van der Waals surface area contributed by atoms with Crippen molar-refractivity contribution in [2.45, 2.75) is 12.5 Å². The number of hydrogen-bond donors (Lipinski definition) is 0. The molecule has 0 spiro atoms. The topological polar surface area (TPSA) is 33.2 Å². The second-order valence-corrected chi connectivity index (χ2v) is 6.98. The Morgan fingerprint density at radius 2 is 1.33 bits per heavy atom. The van der Waals surface area contributed by atoms with Crippen molar-refractivity contribution in [1.82, 2.24) is 4.98 Å². The number of halogens is 1. The minimum Gasteiger partial charge on any atom is -0.306 e. The highest BCUT2D eigenvalue weighted by molar-refractivity contribution is 6.00. The maximum Gasteiger partial charge on any atom is 0.239 e. The van der Waals surface area contributed by atoms with E-state index in [9.17, 15) is 9.18 Å². The Hall–Kier alpha value is -3.79. The molecule has 1 heterocycles. The molecule has 0 aliphatic carbocycles. The van der Waals surface area contributed by atoms with Gasteiger partial charge in [0.15, 0.2) is 0 Å². The largest absolute Gasteiger partial charge is 0.306 e. The number of amides is 1. The molecule has 0 radical (unpaired) electrons. The fourth-order valence-corrected chi connectivity index (χ4v) is 3.50. The third kappa shape index (κ3) is 4.44. The summed E-state index contributed by atoms with van der Waals surface area (Å²) in [4.78, 5) is 20.0. The Balaban J connectivity index is 1.78. The summed E-state index contributed by atoms with van der Waals surface area (Å²) in [6, 6.07) is 31.0. The first kappa shape index (κ1) is 19.5. The van der Waals surface area contributed by atoms with Gasteiger partial charge in [-0.15, -0.1) is 0 Å². The van der Waals surface area contributed by atoms with Gasteiger partial charge in [-0.3, -0.25) is 9.78 Å². The fraction of sp³-hybridized carbons (Fsp3) is 0.0769. The van der Waals surface area contributed by atoms with Gasteiger partial charge in [0.25, 0.3) is 0 Å². The SMILES string of the molecule is O=C(C(c1ccccc1)c1ccccc1)N(Cc1ccccn1)c1ccc(F)cc1. The summed E-state index contributed by atoms with van der Waals surface area (Å²) in [5.41, 5.74) is 3.20. The van der Waals surface area contributed by atoms with Crippen molar-refractivity contribution in [1.29, 1.82) is 0 Å². The molecule has 0 saturated carbocycles. The van der Waals surface area contributed by atoms with Crippen LogP contribution < -0.4 is 4.90 Å². The summed E-state index contributed by atoms with van der Waals surface area (Å²) < 4.78 is 13.6. The molecule has 1 amide bonds. The molecule has 0 aliphatic rings. The lowest BCUT2D eigenvalue weighted by molar-refractivity contribution is -0.119. The molecular formula is C26H21FN2O. The molecule has 148 valence electrons. The van der Waals surface area contributed by atoms with Crippen molar-refractivity contribution < 1.29 is 9.18 Å². The van der Waals surface area contributed by atoms with Gasteiger partial charge in [-0.05, 0) is 47.5 Å². The Labute approximate surface area is 175 Å². The van der Waals surface area contributed by atoms with Crippen molar-refractivity contribution in [3.05, 3.63) is 132 Å². The van der Waals surface area contributed by atoms with E-state index in [0.29, 0.717) is 12.2 Å². The zero-order valence-electron chi connectivity index (χ0n) is 16.4. The first-order valence-corrected chi connectivity index (χ1v) is 9.79. The standard InChI is InChI=1S/C26H21FN2O/c27-22-14-16-24(17-15-22)29(19-23-13-7-8-18-28-23)26(30)25(20-9-3-1-4-10-20)21-11-5-2-6-12-21/h1-18,25H,19H2. The first-order valence-electron chi connectivity index (χ1n) is 9.79. The maximum atomic E-state index is 13.9. The minimum atomic E-state index is -0.485. The molecule has 0 aliphatic heterocycles. The van der Waals surface area contributed by atoms with Gasteiger partial charge in [-0.2, -0.15) is 0 Å². The van der Waals surface area contributed by atoms with E-state index in [1.54, 1.807) is 23.2 Å². The van der Waals surface area contributed by atoms with Gasteiger partial charge in [0.1, 0.15) is 5.82 Å². The number of nitrogens with zero attached hydrogens (tertiary/aromatic N) is 2. The van der Waals surface area contributed by atoms with Crippen LogP contribution in [0.3, 0.4) is 0 Å². The second-order valence-electron chi connectivity index (χ2n) is 6.98. The maximum absolute atomic E-state index is 13.9. The van der Waals surface area contributed by atoms with Gasteiger partial charge in [0.05, 0.1) is 18.2 Å². The van der Waals surface area contributed by atoms with E-state index in [-0.39, 0.29) is 11.7 Å². The van der Waals surface area contributed by atoms with E-state index in [0.717, 1.165) is 16.8 Å². The Kier molecular flexibility index (Phi) is 5.95. The molecule has 3 aromatic carbocycles. The number of rotatable bonds is 6. The number of benzene rings is 3.